The van der Waals surface area contributed by atoms with Crippen LogP contribution in [-0.4, -0.2) is 40.2 Å². The third-order valence-electron chi connectivity index (χ3n) is 1.30. The second kappa shape index (κ2) is 23.9. The summed E-state index contributed by atoms with van der Waals surface area (Å²) in [5, 5.41) is 31.3. The maximum atomic E-state index is 9.90. The summed E-state index contributed by atoms with van der Waals surface area (Å²) in [4.78, 5) is 0. The Kier molecular flexibility index (Phi) is 31.8. The summed E-state index contributed by atoms with van der Waals surface area (Å²) < 4.78 is 39.6. The fraction of sp³-hybridized carbons (Fsp3) is 0.571. The third kappa shape index (κ3) is 61.6. The first-order chi connectivity index (χ1) is 10.6. The van der Waals surface area contributed by atoms with E-state index in [9.17, 15) is 10.5 Å². The Morgan fingerprint density at radius 1 is 0.739 bits per heavy atom. The van der Waals surface area contributed by atoms with E-state index >= 15 is 0 Å². The molecule has 9 heteroatoms. The van der Waals surface area contributed by atoms with Gasteiger partial charge in [0, 0.05) is 19.8 Å². The molecule has 0 amide bonds. The predicted octanol–water partition coefficient (Wildman–Crippen LogP) is 3.16. The van der Waals surface area contributed by atoms with Crippen LogP contribution < -0.4 is 0 Å². The molecule has 4 nitrogen and oxygen atoms in total. The Morgan fingerprint density at radius 3 is 1.13 bits per heavy atom. The van der Waals surface area contributed by atoms with Crippen molar-refractivity contribution in [2.75, 3.05) is 19.8 Å². The van der Waals surface area contributed by atoms with E-state index in [0.29, 0.717) is 0 Å². The van der Waals surface area contributed by atoms with Crippen LogP contribution in [-0.2, 0) is 29.3 Å². The molecular formula is C14H28F4O4Zr. The number of benzene rings is 1. The maximum absolute atomic E-state index is 9.90. The normalized spacial score (nSPS) is 8.70. The fourth-order valence-corrected chi connectivity index (χ4v) is 0.693. The van der Waals surface area contributed by atoms with Gasteiger partial charge in [-0.2, -0.15) is 0 Å². The molecule has 0 atom stereocenters. The molecule has 0 unspecified atom stereocenters. The van der Waals surface area contributed by atoms with E-state index in [-0.39, 0.29) is 26.4 Å². The van der Waals surface area contributed by atoms with Crippen molar-refractivity contribution in [3.05, 3.63) is 35.4 Å². The van der Waals surface area contributed by atoms with Gasteiger partial charge in [0.05, 0.1) is 6.61 Å². The number of hydrogen-bond donors (Lipinski definition) is 4. The number of hydrogen-bond acceptors (Lipinski definition) is 4. The van der Waals surface area contributed by atoms with Crippen molar-refractivity contribution < 1.29 is 53.6 Å². The topological polar surface area (TPSA) is 80.9 Å². The molecule has 0 aliphatic carbocycles. The molecule has 0 spiro atoms. The molecule has 0 heterocycles. The van der Waals surface area contributed by atoms with E-state index in [1.807, 2.05) is 31.2 Å². The van der Waals surface area contributed by atoms with Gasteiger partial charge in [0.2, 0.25) is 0 Å². The molecule has 4 N–H and O–H groups in total. The number of aliphatic hydroxyl groups excluding tert-OH is 4. The van der Waals surface area contributed by atoms with Crippen molar-refractivity contribution in [2.45, 2.75) is 34.3 Å². The summed E-state index contributed by atoms with van der Waals surface area (Å²) in [7, 11) is 0. The monoisotopic (exact) mass is 426 g/mol. The predicted molar refractivity (Wildman–Crippen MR) is 79.8 cm³/mol. The third-order valence-corrected chi connectivity index (χ3v) is 1.30. The SMILES string of the molecule is CCO.CCO.CCO.Cc1ccc(CO)cc1.[F][Zr]([F])([F])[F]. The Morgan fingerprint density at radius 2 is 0.957 bits per heavy atom. The molecule has 0 fully saturated rings. The van der Waals surface area contributed by atoms with Crippen LogP contribution in [0, 0.1) is 6.92 Å². The summed E-state index contributed by atoms with van der Waals surface area (Å²) in [5.41, 5.74) is 2.20. The molecule has 1 aromatic carbocycles. The van der Waals surface area contributed by atoms with E-state index in [1.165, 1.54) is 5.56 Å². The second-order valence-corrected chi connectivity index (χ2v) is 5.63. The van der Waals surface area contributed by atoms with Crippen LogP contribution in [0.4, 0.5) is 10.5 Å². The Balaban J connectivity index is -0.000000111. The molecule has 0 aliphatic heterocycles. The van der Waals surface area contributed by atoms with E-state index < -0.39 is 22.7 Å². The molecule has 0 bridgehead atoms. The van der Waals surface area contributed by atoms with Crippen molar-refractivity contribution in [3.63, 3.8) is 0 Å². The Bertz CT molecular complexity index is 298. The van der Waals surface area contributed by atoms with Gasteiger partial charge in [-0.3, -0.25) is 0 Å². The molecule has 0 saturated heterocycles. The van der Waals surface area contributed by atoms with Gasteiger partial charge >= 0.3 is 33.2 Å². The molecule has 0 radical (unpaired) electrons. The Hall–Kier alpha value is -0.337. The van der Waals surface area contributed by atoms with Gasteiger partial charge in [-0.25, -0.2) is 0 Å². The van der Waals surface area contributed by atoms with E-state index in [2.05, 4.69) is 0 Å². The van der Waals surface area contributed by atoms with Gasteiger partial charge in [0.1, 0.15) is 0 Å². The van der Waals surface area contributed by atoms with Crippen LogP contribution >= 0.6 is 0 Å². The zero-order valence-electron chi connectivity index (χ0n) is 13.9. The van der Waals surface area contributed by atoms with Crippen LogP contribution in [0.5, 0.6) is 0 Å². The summed E-state index contributed by atoms with van der Waals surface area (Å²) in [6, 6.07) is 7.84. The molecule has 0 aromatic heterocycles. The van der Waals surface area contributed by atoms with Crippen LogP contribution in [0.2, 0.25) is 0 Å². The molecule has 140 valence electrons. The zero-order chi connectivity index (χ0) is 19.3. The summed E-state index contributed by atoms with van der Waals surface area (Å²) in [6.45, 7) is 7.96. The van der Waals surface area contributed by atoms with Crippen molar-refractivity contribution in [2.24, 2.45) is 0 Å². The van der Waals surface area contributed by atoms with Crippen LogP contribution in [0.25, 0.3) is 0 Å². The van der Waals surface area contributed by atoms with E-state index in [4.69, 9.17) is 20.4 Å². The number of rotatable bonds is 1. The average Bonchev–Trinajstić information content (AvgIpc) is 2.40. The van der Waals surface area contributed by atoms with Gasteiger partial charge in [-0.1, -0.05) is 29.8 Å². The van der Waals surface area contributed by atoms with Crippen molar-refractivity contribution >= 4 is 0 Å². The van der Waals surface area contributed by atoms with E-state index in [0.717, 1.165) is 5.56 Å². The zero-order valence-corrected chi connectivity index (χ0v) is 16.4. The van der Waals surface area contributed by atoms with Gasteiger partial charge in [0.25, 0.3) is 0 Å². The molecule has 0 aliphatic rings. The first-order valence-electron chi connectivity index (χ1n) is 6.82. The molecule has 23 heavy (non-hydrogen) atoms. The molecule has 1 rings (SSSR count). The molecule has 1 aromatic rings. The Labute approximate surface area is 143 Å². The second-order valence-electron chi connectivity index (χ2n) is 3.52. The van der Waals surface area contributed by atoms with Gasteiger partial charge < -0.3 is 20.4 Å². The van der Waals surface area contributed by atoms with Gasteiger partial charge in [-0.05, 0) is 33.3 Å². The first kappa shape index (κ1) is 30.5. The standard InChI is InChI=1S/C8H10O.3C2H6O.4FH.Zr/c1-7-2-4-8(6-9)5-3-7;3*1-2-3;;;;;/h2-5,9H,6H2,1H3;3*3H,2H2,1H3;4*1H;/q;;;;;;;;+4/p-4. The van der Waals surface area contributed by atoms with Crippen LogP contribution in [0.1, 0.15) is 31.9 Å². The minimum atomic E-state index is -7.18. The van der Waals surface area contributed by atoms with Gasteiger partial charge in [-0.15, -0.1) is 0 Å². The average molecular weight is 428 g/mol. The fourth-order valence-electron chi connectivity index (χ4n) is 0.693. The quantitative estimate of drug-likeness (QED) is 0.519. The number of halogens is 4. The summed E-state index contributed by atoms with van der Waals surface area (Å²) in [5.74, 6) is 0. The van der Waals surface area contributed by atoms with E-state index in [1.54, 1.807) is 20.8 Å². The van der Waals surface area contributed by atoms with Crippen molar-refractivity contribution in [1.29, 1.82) is 0 Å². The van der Waals surface area contributed by atoms with Crippen molar-refractivity contribution in [3.8, 4) is 0 Å². The molecular weight excluding hydrogens is 399 g/mol. The van der Waals surface area contributed by atoms with Crippen molar-refractivity contribution in [1.82, 2.24) is 0 Å². The number of aryl methyl sites for hydroxylation is 1. The number of aliphatic hydroxyl groups is 4. The van der Waals surface area contributed by atoms with Crippen LogP contribution in [0.15, 0.2) is 24.3 Å². The van der Waals surface area contributed by atoms with Gasteiger partial charge in [0.15, 0.2) is 0 Å². The van der Waals surface area contributed by atoms with Crippen LogP contribution in [0.3, 0.4) is 0 Å². The minimum absolute atomic E-state index is 0.139. The summed E-state index contributed by atoms with van der Waals surface area (Å²) in [6.07, 6.45) is 0. The first-order valence-corrected chi connectivity index (χ1v) is 10.5. The molecule has 0 saturated carbocycles. The summed E-state index contributed by atoms with van der Waals surface area (Å²) >= 11 is -7.18.